The molecule has 9 heteroatoms. The van der Waals surface area contributed by atoms with Gasteiger partial charge in [0.2, 0.25) is 5.91 Å². The molecule has 0 unspecified atom stereocenters. The van der Waals surface area contributed by atoms with Gasteiger partial charge in [-0.2, -0.15) is 0 Å². The molecule has 0 aromatic heterocycles. The highest BCUT2D eigenvalue weighted by molar-refractivity contribution is 7.92. The molecule has 1 aliphatic rings. The Morgan fingerprint density at radius 2 is 2.00 bits per heavy atom. The second kappa shape index (κ2) is 7.58. The minimum Gasteiger partial charge on any atom is -0.353 e. The van der Waals surface area contributed by atoms with E-state index in [1.807, 2.05) is 13.0 Å². The van der Waals surface area contributed by atoms with E-state index in [0.29, 0.717) is 18.8 Å². The van der Waals surface area contributed by atoms with Crippen LogP contribution in [0.5, 0.6) is 0 Å². The van der Waals surface area contributed by atoms with E-state index in [-0.39, 0.29) is 27.9 Å². The minimum absolute atomic E-state index is 0.0403. The number of hydrogen-bond acceptors (Lipinski definition) is 4. The van der Waals surface area contributed by atoms with E-state index in [1.54, 1.807) is 18.2 Å². The average molecular weight is 408 g/mol. The number of rotatable bonds is 4. The predicted octanol–water partition coefficient (Wildman–Crippen LogP) is 2.02. The topological polar surface area (TPSA) is 95.6 Å². The van der Waals surface area contributed by atoms with Gasteiger partial charge in [-0.3, -0.25) is 14.3 Å². The number of amides is 2. The number of benzene rings is 2. The van der Waals surface area contributed by atoms with Crippen LogP contribution in [0.2, 0.25) is 5.02 Å². The van der Waals surface area contributed by atoms with Crippen molar-refractivity contribution in [2.75, 3.05) is 24.4 Å². The third-order valence-electron chi connectivity index (χ3n) is 4.07. The number of sulfonamides is 1. The van der Waals surface area contributed by atoms with Gasteiger partial charge in [0, 0.05) is 18.8 Å². The lowest BCUT2D eigenvalue weighted by atomic mass is 10.2. The van der Waals surface area contributed by atoms with Crippen LogP contribution in [-0.4, -0.2) is 44.8 Å². The van der Waals surface area contributed by atoms with Crippen molar-refractivity contribution in [2.45, 2.75) is 11.8 Å². The largest absolute Gasteiger partial charge is 0.353 e. The second-order valence-corrected chi connectivity index (χ2v) is 8.28. The summed E-state index contributed by atoms with van der Waals surface area (Å²) >= 11 is 6.11. The molecule has 0 bridgehead atoms. The number of anilines is 1. The molecular weight excluding hydrogens is 390 g/mol. The normalized spacial score (nSPS) is 14.6. The van der Waals surface area contributed by atoms with Gasteiger partial charge in [-0.15, -0.1) is 0 Å². The maximum absolute atomic E-state index is 12.7. The van der Waals surface area contributed by atoms with E-state index in [9.17, 15) is 18.0 Å². The van der Waals surface area contributed by atoms with Crippen LogP contribution in [0.1, 0.15) is 15.9 Å². The molecule has 0 spiro atoms. The molecule has 1 aliphatic heterocycles. The molecule has 0 atom stereocenters. The number of hydrogen-bond donors (Lipinski definition) is 2. The van der Waals surface area contributed by atoms with Crippen molar-refractivity contribution in [3.05, 3.63) is 58.6 Å². The molecule has 2 aromatic carbocycles. The van der Waals surface area contributed by atoms with Gasteiger partial charge in [-0.1, -0.05) is 23.7 Å². The summed E-state index contributed by atoms with van der Waals surface area (Å²) in [5.74, 6) is -0.752. The molecule has 3 rings (SSSR count). The first-order valence-corrected chi connectivity index (χ1v) is 10.1. The molecule has 1 fully saturated rings. The highest BCUT2D eigenvalue weighted by Gasteiger charge is 2.25. The Morgan fingerprint density at radius 1 is 1.22 bits per heavy atom. The number of carbonyl (C=O) groups is 2. The van der Waals surface area contributed by atoms with Gasteiger partial charge in [-0.25, -0.2) is 8.42 Å². The number of carbonyl (C=O) groups excluding carboxylic acids is 2. The molecule has 1 heterocycles. The smallest absolute Gasteiger partial charge is 0.261 e. The molecule has 27 heavy (non-hydrogen) atoms. The van der Waals surface area contributed by atoms with Crippen LogP contribution in [0.25, 0.3) is 0 Å². The lowest BCUT2D eigenvalue weighted by Crippen LogP contribution is -2.50. The van der Waals surface area contributed by atoms with Crippen molar-refractivity contribution in [1.29, 1.82) is 0 Å². The molecule has 0 aliphatic carbocycles. The first kappa shape index (κ1) is 19.2. The number of aryl methyl sites for hydroxylation is 1. The zero-order chi connectivity index (χ0) is 19.6. The Bertz CT molecular complexity index is 1010. The van der Waals surface area contributed by atoms with Gasteiger partial charge >= 0.3 is 0 Å². The van der Waals surface area contributed by atoms with Crippen molar-refractivity contribution in [3.8, 4) is 0 Å². The Kier molecular flexibility index (Phi) is 5.38. The van der Waals surface area contributed by atoms with Gasteiger partial charge < -0.3 is 10.2 Å². The fourth-order valence-corrected chi connectivity index (χ4v) is 4.01. The molecule has 142 valence electrons. The van der Waals surface area contributed by atoms with Crippen molar-refractivity contribution in [2.24, 2.45) is 0 Å². The Balaban J connectivity index is 1.90. The van der Waals surface area contributed by atoms with Crippen LogP contribution in [-0.2, 0) is 14.8 Å². The van der Waals surface area contributed by atoms with E-state index in [4.69, 9.17) is 11.6 Å². The summed E-state index contributed by atoms with van der Waals surface area (Å²) in [5, 5.41) is 2.75. The lowest BCUT2D eigenvalue weighted by molar-refractivity contribution is -0.123. The summed E-state index contributed by atoms with van der Waals surface area (Å²) < 4.78 is 27.9. The Labute approximate surface area is 162 Å². The standard InChI is InChI=1S/C18H18ClN3O4S/c1-12-3-2-4-13(9-12)21-27(25,26)14-5-6-16(19)15(10-14)18(24)22-8-7-20-17(23)11-22/h2-6,9-10,21H,7-8,11H2,1H3,(H,20,23). The van der Waals surface area contributed by atoms with Crippen molar-refractivity contribution in [3.63, 3.8) is 0 Å². The average Bonchev–Trinajstić information content (AvgIpc) is 2.61. The monoisotopic (exact) mass is 407 g/mol. The first-order chi connectivity index (χ1) is 12.8. The van der Waals surface area contributed by atoms with Crippen LogP contribution < -0.4 is 10.0 Å². The Hall–Kier alpha value is -2.58. The van der Waals surface area contributed by atoms with E-state index in [2.05, 4.69) is 10.0 Å². The van der Waals surface area contributed by atoms with E-state index >= 15 is 0 Å². The molecular formula is C18H18ClN3O4S. The summed E-state index contributed by atoms with van der Waals surface area (Å²) in [4.78, 5) is 25.5. The van der Waals surface area contributed by atoms with Gasteiger partial charge in [0.1, 0.15) is 0 Å². The number of nitrogens with zero attached hydrogens (tertiary/aromatic N) is 1. The minimum atomic E-state index is -3.90. The van der Waals surface area contributed by atoms with Gasteiger partial charge in [0.15, 0.2) is 0 Å². The highest BCUT2D eigenvalue weighted by atomic mass is 35.5. The summed E-state index contributed by atoms with van der Waals surface area (Å²) in [6, 6.07) is 10.9. The fourth-order valence-electron chi connectivity index (χ4n) is 2.74. The van der Waals surface area contributed by atoms with Gasteiger partial charge in [0.05, 0.1) is 22.0 Å². The molecule has 2 N–H and O–H groups in total. The molecule has 0 saturated carbocycles. The number of halogens is 1. The zero-order valence-corrected chi connectivity index (χ0v) is 16.1. The summed E-state index contributed by atoms with van der Waals surface area (Å²) in [5.41, 5.74) is 1.37. The third-order valence-corrected chi connectivity index (χ3v) is 5.78. The SMILES string of the molecule is Cc1cccc(NS(=O)(=O)c2ccc(Cl)c(C(=O)N3CCNC(=O)C3)c2)c1. The van der Waals surface area contributed by atoms with Crippen molar-refractivity contribution in [1.82, 2.24) is 10.2 Å². The predicted molar refractivity (Wildman–Crippen MR) is 102 cm³/mol. The fraction of sp³-hybridized carbons (Fsp3) is 0.222. The molecule has 2 aromatic rings. The zero-order valence-electron chi connectivity index (χ0n) is 14.5. The number of piperazine rings is 1. The number of nitrogens with one attached hydrogen (secondary N) is 2. The van der Waals surface area contributed by atoms with E-state index < -0.39 is 15.9 Å². The van der Waals surface area contributed by atoms with Crippen LogP contribution in [0, 0.1) is 6.92 Å². The van der Waals surface area contributed by atoms with Crippen LogP contribution in [0.3, 0.4) is 0 Å². The van der Waals surface area contributed by atoms with Crippen LogP contribution in [0.15, 0.2) is 47.4 Å². The molecule has 7 nitrogen and oxygen atoms in total. The van der Waals surface area contributed by atoms with E-state index in [0.717, 1.165) is 5.56 Å². The van der Waals surface area contributed by atoms with Gasteiger partial charge in [0.25, 0.3) is 15.9 Å². The first-order valence-electron chi connectivity index (χ1n) is 8.21. The van der Waals surface area contributed by atoms with Crippen molar-refractivity contribution < 1.29 is 18.0 Å². The quantitative estimate of drug-likeness (QED) is 0.810. The lowest BCUT2D eigenvalue weighted by Gasteiger charge is -2.27. The molecule has 0 radical (unpaired) electrons. The van der Waals surface area contributed by atoms with E-state index in [1.165, 1.54) is 23.1 Å². The summed E-state index contributed by atoms with van der Waals surface area (Å²) in [6.07, 6.45) is 0. The van der Waals surface area contributed by atoms with Crippen LogP contribution >= 0.6 is 11.6 Å². The van der Waals surface area contributed by atoms with Crippen molar-refractivity contribution >= 4 is 39.1 Å². The second-order valence-electron chi connectivity index (χ2n) is 6.19. The maximum atomic E-state index is 12.7. The maximum Gasteiger partial charge on any atom is 0.261 e. The highest BCUT2D eigenvalue weighted by Crippen LogP contribution is 2.24. The third kappa shape index (κ3) is 4.40. The van der Waals surface area contributed by atoms with Gasteiger partial charge in [-0.05, 0) is 42.8 Å². The summed E-state index contributed by atoms with van der Waals surface area (Å²) in [7, 11) is -3.90. The summed E-state index contributed by atoms with van der Waals surface area (Å²) in [6.45, 7) is 2.44. The molecule has 1 saturated heterocycles. The Morgan fingerprint density at radius 3 is 2.70 bits per heavy atom. The molecule has 2 amide bonds. The van der Waals surface area contributed by atoms with Crippen LogP contribution in [0.4, 0.5) is 5.69 Å².